The smallest absolute Gasteiger partial charge is 0.177 e. The Hall–Kier alpha value is -2.01. The third kappa shape index (κ3) is 3.30. The Kier molecular flexibility index (Phi) is 3.99. The van der Waals surface area contributed by atoms with Crippen molar-refractivity contribution in [3.63, 3.8) is 0 Å². The number of aryl methyl sites for hydroxylation is 1. The quantitative estimate of drug-likeness (QED) is 0.816. The molecule has 2 aromatic rings. The molecule has 0 aliphatic rings. The van der Waals surface area contributed by atoms with Gasteiger partial charge in [-0.3, -0.25) is 9.98 Å². The van der Waals surface area contributed by atoms with E-state index in [9.17, 15) is 8.42 Å². The summed E-state index contributed by atoms with van der Waals surface area (Å²) in [6.07, 6.45) is 2.53. The highest BCUT2D eigenvalue weighted by atomic mass is 32.2. The Morgan fingerprint density at radius 1 is 1.15 bits per heavy atom. The normalized spacial score (nSPS) is 12.4. The fraction of sp³-hybridized carbons (Fsp3) is 0.200. The van der Waals surface area contributed by atoms with Crippen molar-refractivity contribution in [1.82, 2.24) is 4.98 Å². The van der Waals surface area contributed by atoms with Crippen molar-refractivity contribution >= 4 is 21.2 Å². The maximum atomic E-state index is 11.4. The third-order valence-corrected chi connectivity index (χ3v) is 4.04. The molecule has 0 fully saturated rings. The zero-order valence-electron chi connectivity index (χ0n) is 11.7. The summed E-state index contributed by atoms with van der Waals surface area (Å²) < 4.78 is 22.8. The van der Waals surface area contributed by atoms with E-state index in [2.05, 4.69) is 9.98 Å². The van der Waals surface area contributed by atoms with Crippen LogP contribution in [0.25, 0.3) is 0 Å². The molecule has 0 amide bonds. The SMILES string of the molecule is CC(=Nc1ccccc1C)c1ccc(S(C)(=O)=O)cn1. The monoisotopic (exact) mass is 288 g/mol. The summed E-state index contributed by atoms with van der Waals surface area (Å²) in [5.74, 6) is 0. The fourth-order valence-corrected chi connectivity index (χ4v) is 2.30. The van der Waals surface area contributed by atoms with Crippen molar-refractivity contribution < 1.29 is 8.42 Å². The van der Waals surface area contributed by atoms with Crippen molar-refractivity contribution in [3.05, 3.63) is 53.9 Å². The molecule has 1 heterocycles. The maximum absolute atomic E-state index is 11.4. The second-order valence-corrected chi connectivity index (χ2v) is 6.65. The first-order chi connectivity index (χ1) is 9.38. The number of benzene rings is 1. The minimum atomic E-state index is -3.21. The van der Waals surface area contributed by atoms with Crippen LogP contribution in [0.4, 0.5) is 5.69 Å². The predicted molar refractivity (Wildman–Crippen MR) is 80.4 cm³/mol. The number of sulfone groups is 1. The van der Waals surface area contributed by atoms with Crippen molar-refractivity contribution in [2.45, 2.75) is 18.7 Å². The van der Waals surface area contributed by atoms with Crippen LogP contribution in [0, 0.1) is 6.92 Å². The summed E-state index contributed by atoms with van der Waals surface area (Å²) in [6, 6.07) is 11.0. The van der Waals surface area contributed by atoms with Gasteiger partial charge in [-0.15, -0.1) is 0 Å². The van der Waals surface area contributed by atoms with E-state index in [0.29, 0.717) is 5.69 Å². The lowest BCUT2D eigenvalue weighted by molar-refractivity contribution is 0.601. The molecule has 20 heavy (non-hydrogen) atoms. The zero-order chi connectivity index (χ0) is 14.8. The number of nitrogens with zero attached hydrogens (tertiary/aromatic N) is 2. The summed E-state index contributed by atoms with van der Waals surface area (Å²) in [6.45, 7) is 3.85. The van der Waals surface area contributed by atoms with Crippen molar-refractivity contribution in [2.24, 2.45) is 4.99 Å². The van der Waals surface area contributed by atoms with Crippen LogP contribution in [0.1, 0.15) is 18.2 Å². The highest BCUT2D eigenvalue weighted by Gasteiger charge is 2.08. The van der Waals surface area contributed by atoms with Gasteiger partial charge < -0.3 is 0 Å². The number of para-hydroxylation sites is 1. The fourth-order valence-electron chi connectivity index (χ4n) is 1.74. The molecule has 0 unspecified atom stereocenters. The molecule has 0 spiro atoms. The van der Waals surface area contributed by atoms with Gasteiger partial charge in [0.1, 0.15) is 0 Å². The first-order valence-electron chi connectivity index (χ1n) is 6.15. The molecule has 2 rings (SSSR count). The molecule has 0 radical (unpaired) electrons. The lowest BCUT2D eigenvalue weighted by atomic mass is 10.2. The maximum Gasteiger partial charge on any atom is 0.177 e. The van der Waals surface area contributed by atoms with Crippen LogP contribution in [0.5, 0.6) is 0 Å². The van der Waals surface area contributed by atoms with Crippen LogP contribution < -0.4 is 0 Å². The Balaban J connectivity index is 2.35. The first-order valence-corrected chi connectivity index (χ1v) is 8.04. The van der Waals surface area contributed by atoms with E-state index < -0.39 is 9.84 Å². The average molecular weight is 288 g/mol. The second kappa shape index (κ2) is 5.54. The van der Waals surface area contributed by atoms with Gasteiger partial charge in [0, 0.05) is 12.5 Å². The van der Waals surface area contributed by atoms with Crippen LogP contribution in [0.3, 0.4) is 0 Å². The van der Waals surface area contributed by atoms with Crippen LogP contribution in [-0.2, 0) is 9.84 Å². The molecular formula is C15H16N2O2S. The van der Waals surface area contributed by atoms with Gasteiger partial charge in [-0.05, 0) is 37.6 Å². The van der Waals surface area contributed by atoms with E-state index >= 15 is 0 Å². The van der Waals surface area contributed by atoms with E-state index in [1.54, 1.807) is 12.1 Å². The second-order valence-electron chi connectivity index (χ2n) is 4.64. The molecule has 5 heteroatoms. The standard InChI is InChI=1S/C15H16N2O2S/c1-11-6-4-5-7-14(11)17-12(2)15-9-8-13(10-16-15)20(3,18)19/h4-10H,1-3H3. The van der Waals surface area contributed by atoms with E-state index in [4.69, 9.17) is 0 Å². The number of hydrogen-bond acceptors (Lipinski definition) is 4. The number of hydrogen-bond donors (Lipinski definition) is 0. The highest BCUT2D eigenvalue weighted by Crippen LogP contribution is 2.18. The van der Waals surface area contributed by atoms with E-state index in [0.717, 1.165) is 23.2 Å². The molecular weight excluding hydrogens is 272 g/mol. The number of aliphatic imine (C=N–C) groups is 1. The minimum Gasteiger partial charge on any atom is -0.254 e. The van der Waals surface area contributed by atoms with Gasteiger partial charge in [0.05, 0.1) is 22.0 Å². The van der Waals surface area contributed by atoms with E-state index in [-0.39, 0.29) is 4.90 Å². The minimum absolute atomic E-state index is 0.213. The van der Waals surface area contributed by atoms with Gasteiger partial charge in [-0.1, -0.05) is 18.2 Å². The van der Waals surface area contributed by atoms with Crippen LogP contribution in [0.15, 0.2) is 52.5 Å². The number of aromatic nitrogens is 1. The summed E-state index contributed by atoms with van der Waals surface area (Å²) in [7, 11) is -3.21. The Bertz CT molecular complexity index is 748. The molecule has 0 aliphatic heterocycles. The molecule has 104 valence electrons. The van der Waals surface area contributed by atoms with Gasteiger partial charge in [0.15, 0.2) is 9.84 Å². The molecule has 1 aromatic carbocycles. The predicted octanol–water partition coefficient (Wildman–Crippen LogP) is 2.93. The first kappa shape index (κ1) is 14.4. The molecule has 0 saturated heterocycles. The summed E-state index contributed by atoms with van der Waals surface area (Å²) in [5.41, 5.74) is 3.39. The van der Waals surface area contributed by atoms with E-state index in [1.165, 1.54) is 6.20 Å². The van der Waals surface area contributed by atoms with Crippen molar-refractivity contribution in [3.8, 4) is 0 Å². The molecule has 0 saturated carbocycles. The van der Waals surface area contributed by atoms with Gasteiger partial charge in [-0.2, -0.15) is 0 Å². The Labute approximate surface area is 119 Å². The van der Waals surface area contributed by atoms with Crippen LogP contribution >= 0.6 is 0 Å². The molecule has 0 atom stereocenters. The van der Waals surface area contributed by atoms with Crippen molar-refractivity contribution in [2.75, 3.05) is 6.26 Å². The van der Waals surface area contributed by atoms with Gasteiger partial charge in [0.25, 0.3) is 0 Å². The van der Waals surface area contributed by atoms with Gasteiger partial charge in [0.2, 0.25) is 0 Å². The summed E-state index contributed by atoms with van der Waals surface area (Å²) in [5, 5.41) is 0. The highest BCUT2D eigenvalue weighted by molar-refractivity contribution is 7.90. The largest absolute Gasteiger partial charge is 0.254 e. The lowest BCUT2D eigenvalue weighted by Gasteiger charge is -2.04. The Morgan fingerprint density at radius 2 is 1.85 bits per heavy atom. The number of pyridine rings is 1. The molecule has 0 aliphatic carbocycles. The number of rotatable bonds is 3. The molecule has 0 bridgehead atoms. The third-order valence-electron chi connectivity index (χ3n) is 2.94. The topological polar surface area (TPSA) is 59.4 Å². The van der Waals surface area contributed by atoms with Crippen molar-refractivity contribution in [1.29, 1.82) is 0 Å². The summed E-state index contributed by atoms with van der Waals surface area (Å²) >= 11 is 0. The van der Waals surface area contributed by atoms with Crippen LogP contribution in [-0.4, -0.2) is 25.4 Å². The summed E-state index contributed by atoms with van der Waals surface area (Å²) in [4.78, 5) is 8.90. The molecule has 0 N–H and O–H groups in total. The van der Waals surface area contributed by atoms with Crippen LogP contribution in [0.2, 0.25) is 0 Å². The zero-order valence-corrected chi connectivity index (χ0v) is 12.5. The average Bonchev–Trinajstić information content (AvgIpc) is 2.40. The van der Waals surface area contributed by atoms with Gasteiger partial charge in [-0.25, -0.2) is 8.42 Å². The molecule has 1 aromatic heterocycles. The lowest BCUT2D eigenvalue weighted by Crippen LogP contribution is -2.02. The Morgan fingerprint density at radius 3 is 2.40 bits per heavy atom. The van der Waals surface area contributed by atoms with Gasteiger partial charge >= 0.3 is 0 Å². The molecule has 4 nitrogen and oxygen atoms in total. The van der Waals surface area contributed by atoms with E-state index in [1.807, 2.05) is 38.1 Å².